The van der Waals surface area contributed by atoms with Crippen LogP contribution in [0.25, 0.3) is 67.6 Å². The van der Waals surface area contributed by atoms with Gasteiger partial charge in [-0.15, -0.1) is 20.4 Å². The predicted molar refractivity (Wildman–Crippen MR) is 444 cm³/mol. The molecule has 5 aliphatic heterocycles. The number of pyridine rings is 4. The summed E-state index contributed by atoms with van der Waals surface area (Å²) in [6.45, 7) is 22.4. The Bertz CT molecular complexity index is 5540. The Morgan fingerprint density at radius 2 is 0.744 bits per heavy atom. The first-order chi connectivity index (χ1) is 57.0. The van der Waals surface area contributed by atoms with Gasteiger partial charge in [-0.3, -0.25) is 60.0 Å². The van der Waals surface area contributed by atoms with Gasteiger partial charge in [0.15, 0.2) is 22.6 Å². The Kier molecular flexibility index (Phi) is 22.3. The second kappa shape index (κ2) is 33.9. The molecule has 0 spiro atoms. The van der Waals surface area contributed by atoms with Gasteiger partial charge in [0.25, 0.3) is 0 Å². The largest absolute Gasteiger partial charge is 0.379 e. The molecule has 4 N–H and O–H groups in total. The third-order valence-electron chi connectivity index (χ3n) is 23.2. The number of nitrogens with zero attached hydrogens (tertiary/aromatic N) is 16. The number of nitrogens with one attached hydrogen (secondary N) is 4. The van der Waals surface area contributed by atoms with Crippen molar-refractivity contribution in [2.24, 2.45) is 23.7 Å². The molecule has 28 heteroatoms. The molecule has 28 nitrogen and oxygen atoms in total. The van der Waals surface area contributed by atoms with E-state index in [1.54, 1.807) is 18.1 Å². The van der Waals surface area contributed by atoms with E-state index in [9.17, 15) is 19.2 Å². The predicted octanol–water partition coefficient (Wildman–Crippen LogP) is 12.0. The molecule has 4 saturated carbocycles. The molecule has 5 saturated heterocycles. The van der Waals surface area contributed by atoms with Crippen LogP contribution in [0.15, 0.2) is 170 Å². The minimum Gasteiger partial charge on any atom is -0.379 e. The van der Waals surface area contributed by atoms with Crippen LogP contribution in [0.4, 0.5) is 23.8 Å². The fraction of sp³-hybridized carbons (Fsp3) is 0.416. The van der Waals surface area contributed by atoms with E-state index in [1.165, 1.54) is 28.7 Å². The Labute approximate surface area is 678 Å². The molecule has 4 aliphatic carbocycles. The minimum absolute atomic E-state index is 0.0165. The van der Waals surface area contributed by atoms with Gasteiger partial charge >= 0.3 is 0 Å². The van der Waals surface area contributed by atoms with Gasteiger partial charge in [0.2, 0.25) is 47.4 Å². The average molecular weight is 1580 g/mol. The lowest BCUT2D eigenvalue weighted by Crippen LogP contribution is -2.52. The first kappa shape index (κ1) is 77.2. The zero-order valence-corrected chi connectivity index (χ0v) is 66.7. The molecule has 8 aromatic heterocycles. The summed E-state index contributed by atoms with van der Waals surface area (Å²) in [5.41, 5.74) is 16.2. The molecule has 2 bridgehead atoms. The van der Waals surface area contributed by atoms with Crippen LogP contribution in [0.1, 0.15) is 108 Å². The molecule has 0 unspecified atom stereocenters. The van der Waals surface area contributed by atoms with Crippen molar-refractivity contribution in [1.82, 2.24) is 78.0 Å². The standard InChI is InChI=1S/2C23H27N5O2.C22H23N5O2.C21H23N5O2/c1-15-12-27(13-16(2)30-15)14-17-6-8-18(9-7-17)20-4-3-5-21-24-23(26-28(20)21)25-22(29)19-10-11-19;1-23(2)15-30-13-12-27(23)14-16-6-8-17(9-7-16)19-4-3-5-20-24-22(26-28(19)20)25-21(29)18-10-11-18;28-21(16-8-9-16)24-22-23-20-3-1-2-19(27(20)25-22)15-6-4-14(5-7-15)11-26-12-18-10-17(26)13-29-18;27-20(17-8-9-17)23-21-22-19-3-1-2-18(26(19)24-21)16-6-4-15(5-7-16)14-25-10-12-28-13-11-25/h3-9,15-16,19H,10-14H2,1-2H3,(H,25,26,29);3-9,18H,10-15H2,1-2H3,(H,25,26,29);1-7,16-18H,8-13H2,(H,24,25,28);1-7,17H,8-14H2,(H,23,24,27)/t15-,16+;;17-,18-;/m..0./s1. The van der Waals surface area contributed by atoms with Gasteiger partial charge in [-0.05, 0) is 156 Å². The molecule has 4 atom stereocenters. The fourth-order valence-electron chi connectivity index (χ4n) is 16.1. The van der Waals surface area contributed by atoms with Crippen LogP contribution in [0.2, 0.25) is 0 Å². The highest BCUT2D eigenvalue weighted by Gasteiger charge is 2.39. The molecule has 12 aromatic rings. The van der Waals surface area contributed by atoms with Gasteiger partial charge in [0.05, 0.1) is 74.1 Å². The van der Waals surface area contributed by atoms with E-state index in [-0.39, 0.29) is 65.0 Å². The maximum atomic E-state index is 12.0. The number of hydrogen-bond donors (Lipinski definition) is 4. The number of rotatable bonds is 20. The van der Waals surface area contributed by atoms with E-state index in [2.05, 4.69) is 206 Å². The number of benzene rings is 4. The number of carbonyl (C=O) groups excluding carboxylic acids is 4. The SMILES string of the molecule is CC1(C)COCCN1Cc1ccc(-c2cccc3nc(NC(=O)C4CC4)nn23)cc1.C[C@@H]1CN(Cc2ccc(-c3cccc4nc(NC(=O)C5CC5)nn34)cc2)C[C@H](C)O1.O=C(Nc1nc2cccc(-c3ccc(CN4CCOCC4)cc3)n2n1)C1CC1.O=C(Nc1nc2cccc(-c3ccc(CN4C[C@@H]5C[C@H]4CO5)cc3)n2n1)C1CC1. The molecular formula is C89H100N20O8. The summed E-state index contributed by atoms with van der Waals surface area (Å²) >= 11 is 0. The Balaban J connectivity index is 0.000000108. The van der Waals surface area contributed by atoms with E-state index in [4.69, 9.17) is 18.9 Å². The molecule has 21 rings (SSSR count). The lowest BCUT2D eigenvalue weighted by Gasteiger charge is -2.42. The van der Waals surface area contributed by atoms with Crippen LogP contribution in [0.3, 0.4) is 0 Å². The van der Waals surface area contributed by atoms with E-state index in [1.807, 2.05) is 72.8 Å². The molecule has 9 fully saturated rings. The molecular weight excluding hydrogens is 1480 g/mol. The molecule has 4 aromatic carbocycles. The molecule has 4 amide bonds. The Morgan fingerprint density at radius 1 is 0.402 bits per heavy atom. The highest BCUT2D eigenvalue weighted by molar-refractivity contribution is 5.95. The van der Waals surface area contributed by atoms with Gasteiger partial charge in [-0.2, -0.15) is 19.9 Å². The van der Waals surface area contributed by atoms with Gasteiger partial charge in [0, 0.05) is 123 Å². The smallest absolute Gasteiger partial charge is 0.249 e. The van der Waals surface area contributed by atoms with Gasteiger partial charge in [0.1, 0.15) is 0 Å². The van der Waals surface area contributed by atoms with Gasteiger partial charge < -0.3 is 18.9 Å². The van der Waals surface area contributed by atoms with Crippen molar-refractivity contribution in [2.75, 3.05) is 93.6 Å². The topological polar surface area (TPSA) is 287 Å². The second-order valence-corrected chi connectivity index (χ2v) is 33.2. The zero-order valence-electron chi connectivity index (χ0n) is 66.7. The first-order valence-corrected chi connectivity index (χ1v) is 41.4. The monoisotopic (exact) mass is 1580 g/mol. The third kappa shape index (κ3) is 18.7. The normalized spacial score (nSPS) is 20.8. The number of fused-ring (bicyclic) bond motifs is 6. The number of likely N-dealkylation sites (tertiary alicyclic amines) is 1. The summed E-state index contributed by atoms with van der Waals surface area (Å²) < 4.78 is 29.8. The van der Waals surface area contributed by atoms with Crippen molar-refractivity contribution < 1.29 is 38.1 Å². The summed E-state index contributed by atoms with van der Waals surface area (Å²) in [7, 11) is 0. The summed E-state index contributed by atoms with van der Waals surface area (Å²) in [5, 5.41) is 29.4. The highest BCUT2D eigenvalue weighted by atomic mass is 16.5. The van der Waals surface area contributed by atoms with E-state index >= 15 is 0 Å². The molecule has 117 heavy (non-hydrogen) atoms. The number of anilines is 4. The Hall–Kier alpha value is -11.1. The van der Waals surface area contributed by atoms with Crippen LogP contribution >= 0.6 is 0 Å². The highest BCUT2D eigenvalue weighted by Crippen LogP contribution is 2.36. The number of amides is 4. The van der Waals surface area contributed by atoms with E-state index in [0.717, 1.165) is 217 Å². The molecule has 9 aliphatic rings. The average Bonchev–Trinajstić information content (AvgIpc) is 1.60. The maximum Gasteiger partial charge on any atom is 0.249 e. The quantitative estimate of drug-likeness (QED) is 0.0551. The van der Waals surface area contributed by atoms with Crippen molar-refractivity contribution in [1.29, 1.82) is 0 Å². The second-order valence-electron chi connectivity index (χ2n) is 33.2. The number of ether oxygens (including phenoxy) is 4. The van der Waals surface area contributed by atoms with E-state index in [0.29, 0.717) is 35.9 Å². The molecule has 604 valence electrons. The summed E-state index contributed by atoms with van der Waals surface area (Å²) in [6.07, 6.45) is 9.81. The summed E-state index contributed by atoms with van der Waals surface area (Å²) in [6, 6.07) is 58.6. The van der Waals surface area contributed by atoms with E-state index < -0.39 is 0 Å². The van der Waals surface area contributed by atoms with Gasteiger partial charge in [-0.25, -0.2) is 18.1 Å². The van der Waals surface area contributed by atoms with Crippen molar-refractivity contribution in [3.05, 3.63) is 192 Å². The van der Waals surface area contributed by atoms with Crippen molar-refractivity contribution >= 4 is 70.0 Å². The van der Waals surface area contributed by atoms with Crippen LogP contribution in [0.5, 0.6) is 0 Å². The number of morpholine rings is 4. The van der Waals surface area contributed by atoms with Crippen LogP contribution in [-0.4, -0.2) is 204 Å². The summed E-state index contributed by atoms with van der Waals surface area (Å²) in [4.78, 5) is 75.8. The number of carbonyl (C=O) groups is 4. The first-order valence-electron chi connectivity index (χ1n) is 41.4. The zero-order chi connectivity index (χ0) is 79.7. The molecule has 0 radical (unpaired) electrons. The van der Waals surface area contributed by atoms with Crippen LogP contribution < -0.4 is 21.3 Å². The van der Waals surface area contributed by atoms with Crippen molar-refractivity contribution in [2.45, 2.75) is 142 Å². The van der Waals surface area contributed by atoms with Crippen molar-refractivity contribution in [3.63, 3.8) is 0 Å². The summed E-state index contributed by atoms with van der Waals surface area (Å²) in [5.74, 6) is 2.06. The third-order valence-corrected chi connectivity index (χ3v) is 23.2. The number of hydrogen-bond acceptors (Lipinski definition) is 20. The maximum absolute atomic E-state index is 12.0. The molecule has 13 heterocycles. The van der Waals surface area contributed by atoms with Gasteiger partial charge in [-0.1, -0.05) is 121 Å². The fourth-order valence-corrected chi connectivity index (χ4v) is 16.1. The lowest BCUT2D eigenvalue weighted by molar-refractivity contribution is -0.118. The van der Waals surface area contributed by atoms with Crippen LogP contribution in [0, 0.1) is 23.7 Å². The van der Waals surface area contributed by atoms with Crippen molar-refractivity contribution in [3.8, 4) is 45.0 Å². The lowest BCUT2D eigenvalue weighted by atomic mass is 10.0. The Morgan fingerprint density at radius 3 is 1.08 bits per heavy atom. The number of aromatic nitrogens is 12. The van der Waals surface area contributed by atoms with Crippen LogP contribution in [-0.2, 0) is 64.3 Å². The minimum atomic E-state index is 0.0165.